The van der Waals surface area contributed by atoms with Crippen LogP contribution in [0.3, 0.4) is 0 Å². The number of carbonyl (C=O) groups is 2. The molecule has 1 unspecified atom stereocenters. The molecular weight excluding hydrogens is 530 g/mol. The van der Waals surface area contributed by atoms with E-state index in [4.69, 9.17) is 16.3 Å². The van der Waals surface area contributed by atoms with Crippen molar-refractivity contribution in [1.82, 2.24) is 14.9 Å². The Morgan fingerprint density at radius 3 is 2.33 bits per heavy atom. The third kappa shape index (κ3) is 8.17. The molecule has 0 aliphatic heterocycles. The molecule has 2 N–H and O–H groups in total. The minimum atomic E-state index is -1.19. The van der Waals surface area contributed by atoms with Crippen molar-refractivity contribution in [2.24, 2.45) is 12.5 Å². The predicted octanol–water partition coefficient (Wildman–Crippen LogP) is 5.10. The molecule has 0 saturated carbocycles. The Hall–Kier alpha value is -3.17. The van der Waals surface area contributed by atoms with E-state index in [9.17, 15) is 19.5 Å². The van der Waals surface area contributed by atoms with Crippen molar-refractivity contribution in [2.45, 2.75) is 65.9 Å². The van der Waals surface area contributed by atoms with E-state index < -0.39 is 23.3 Å². The van der Waals surface area contributed by atoms with Crippen molar-refractivity contribution >= 4 is 23.2 Å². The van der Waals surface area contributed by atoms with Crippen LogP contribution in [0.4, 0.5) is 0 Å². The van der Waals surface area contributed by atoms with Gasteiger partial charge in [0.15, 0.2) is 12.1 Å². The summed E-state index contributed by atoms with van der Waals surface area (Å²) < 4.78 is 7.18. The molecule has 0 fully saturated rings. The van der Waals surface area contributed by atoms with Gasteiger partial charge in [-0.25, -0.2) is 0 Å². The van der Waals surface area contributed by atoms with E-state index in [2.05, 4.69) is 10.3 Å². The number of aryl methyl sites for hydroxylation is 1. The number of aromatic nitrogens is 2. The van der Waals surface area contributed by atoms with Crippen LogP contribution in [0.25, 0.3) is 11.1 Å². The maximum atomic E-state index is 13.6. The van der Waals surface area contributed by atoms with E-state index in [1.165, 1.54) is 16.8 Å². The lowest BCUT2D eigenvalue weighted by Crippen LogP contribution is -2.37. The Kier molecular flexibility index (Phi) is 9.85. The van der Waals surface area contributed by atoms with Crippen LogP contribution < -0.4 is 10.9 Å². The van der Waals surface area contributed by atoms with Gasteiger partial charge in [0.05, 0.1) is 12.1 Å². The number of hydrogen-bond acceptors (Lipinski definition) is 7. The maximum absolute atomic E-state index is 13.6. The molecule has 8 nitrogen and oxygen atoms in total. The largest absolute Gasteiger partial charge is 0.368 e. The second-order valence-electron chi connectivity index (χ2n) is 11.9. The van der Waals surface area contributed by atoms with Crippen LogP contribution >= 0.6 is 11.6 Å². The van der Waals surface area contributed by atoms with Crippen LogP contribution in [-0.4, -0.2) is 44.7 Å². The third-order valence-corrected chi connectivity index (χ3v) is 6.58. The monoisotopic (exact) mass is 567 g/mol. The molecule has 1 aromatic carbocycles. The number of pyridine rings is 2. The van der Waals surface area contributed by atoms with Gasteiger partial charge in [0, 0.05) is 65.1 Å². The van der Waals surface area contributed by atoms with Gasteiger partial charge in [0.2, 0.25) is 5.78 Å². The second-order valence-corrected chi connectivity index (χ2v) is 12.3. The molecule has 0 aliphatic carbocycles. The first-order chi connectivity index (χ1) is 18.6. The fraction of sp³-hybridized carbons (Fsp3) is 0.419. The number of aliphatic hydroxyl groups excluding tert-OH is 1. The Morgan fingerprint density at radius 2 is 1.73 bits per heavy atom. The zero-order valence-corrected chi connectivity index (χ0v) is 24.9. The average molecular weight is 568 g/mol. The van der Waals surface area contributed by atoms with Crippen LogP contribution in [0.5, 0.6) is 0 Å². The summed E-state index contributed by atoms with van der Waals surface area (Å²) in [5, 5.41) is 14.6. The van der Waals surface area contributed by atoms with Crippen molar-refractivity contribution < 1.29 is 19.4 Å². The molecular formula is C31H38ClN3O5. The SMILES string of the molecule is Cn1cc(-c2cccnc2C(=O)c2ccc(Cl)cc2)c([C@H](CC(O)OC(C)(C)C)NCC(=O)C(C)(C)C)cc1=O. The highest BCUT2D eigenvalue weighted by Crippen LogP contribution is 2.33. The Balaban J connectivity index is 2.15. The van der Waals surface area contributed by atoms with Crippen LogP contribution in [0.2, 0.25) is 5.02 Å². The third-order valence-electron chi connectivity index (χ3n) is 6.33. The fourth-order valence-corrected chi connectivity index (χ4v) is 4.28. The lowest BCUT2D eigenvalue weighted by atomic mass is 9.89. The minimum absolute atomic E-state index is 0.00859. The summed E-state index contributed by atoms with van der Waals surface area (Å²) in [6.45, 7) is 11.0. The van der Waals surface area contributed by atoms with Crippen LogP contribution in [-0.2, 0) is 16.6 Å². The molecule has 0 aliphatic rings. The number of carbonyl (C=O) groups excluding carboxylic acids is 2. The quantitative estimate of drug-likeness (QED) is 0.259. The molecule has 0 spiro atoms. The number of aliphatic hydroxyl groups is 1. The van der Waals surface area contributed by atoms with Gasteiger partial charge < -0.3 is 19.7 Å². The van der Waals surface area contributed by atoms with E-state index in [-0.39, 0.29) is 35.8 Å². The summed E-state index contributed by atoms with van der Waals surface area (Å²) in [5.41, 5.74) is 0.700. The first kappa shape index (κ1) is 31.4. The maximum Gasteiger partial charge on any atom is 0.250 e. The topological polar surface area (TPSA) is 111 Å². The van der Waals surface area contributed by atoms with Crippen LogP contribution in [0.1, 0.15) is 75.6 Å². The van der Waals surface area contributed by atoms with Crippen molar-refractivity contribution in [3.05, 3.63) is 87.1 Å². The molecule has 2 aromatic heterocycles. The van der Waals surface area contributed by atoms with Gasteiger partial charge in [-0.2, -0.15) is 0 Å². The number of Topliss-reactive ketones (excluding diaryl/α,β-unsaturated/α-hetero) is 1. The summed E-state index contributed by atoms with van der Waals surface area (Å²) in [5.74, 6) is -0.343. The van der Waals surface area contributed by atoms with E-state index in [1.807, 2.05) is 41.5 Å². The lowest BCUT2D eigenvalue weighted by molar-refractivity contribution is -0.171. The van der Waals surface area contributed by atoms with E-state index in [1.54, 1.807) is 49.6 Å². The summed E-state index contributed by atoms with van der Waals surface area (Å²) in [7, 11) is 1.62. The van der Waals surface area contributed by atoms with Crippen LogP contribution in [0, 0.1) is 5.41 Å². The Morgan fingerprint density at radius 1 is 1.07 bits per heavy atom. The highest BCUT2D eigenvalue weighted by Gasteiger charge is 2.28. The number of rotatable bonds is 10. The van der Waals surface area contributed by atoms with Gasteiger partial charge in [-0.3, -0.25) is 19.4 Å². The molecule has 2 heterocycles. The number of halogens is 1. The molecule has 0 bridgehead atoms. The van der Waals surface area contributed by atoms with Gasteiger partial charge in [-0.1, -0.05) is 38.4 Å². The molecule has 0 saturated heterocycles. The Bertz CT molecular complexity index is 1420. The van der Waals surface area contributed by atoms with Gasteiger partial charge in [-0.15, -0.1) is 0 Å². The van der Waals surface area contributed by atoms with E-state index in [0.717, 1.165) is 0 Å². The minimum Gasteiger partial charge on any atom is -0.368 e. The molecule has 40 heavy (non-hydrogen) atoms. The average Bonchev–Trinajstić information content (AvgIpc) is 2.86. The van der Waals surface area contributed by atoms with Crippen LogP contribution in [0.15, 0.2) is 59.7 Å². The van der Waals surface area contributed by atoms with E-state index in [0.29, 0.717) is 27.3 Å². The summed E-state index contributed by atoms with van der Waals surface area (Å²) >= 11 is 6.02. The number of ether oxygens (including phenoxy) is 1. The molecule has 9 heteroatoms. The second kappa shape index (κ2) is 12.6. The smallest absolute Gasteiger partial charge is 0.250 e. The Labute approximate surface area is 240 Å². The molecule has 214 valence electrons. The number of ketones is 2. The zero-order chi connectivity index (χ0) is 29.8. The summed E-state index contributed by atoms with van der Waals surface area (Å²) in [6, 6.07) is 10.8. The summed E-state index contributed by atoms with van der Waals surface area (Å²) in [4.78, 5) is 43.7. The molecule has 0 radical (unpaired) electrons. The van der Waals surface area contributed by atoms with Crippen molar-refractivity contribution in [1.29, 1.82) is 0 Å². The van der Waals surface area contributed by atoms with Gasteiger partial charge >= 0.3 is 0 Å². The standard InChI is InChI=1S/C31H38ClN3O5/c1-30(2,3)25(36)17-34-24(16-27(38)40-31(4,5)6)22-15-26(37)35(7)18-23(22)21-9-8-14-33-28(21)29(39)19-10-12-20(32)13-11-19/h8-15,18,24,27,34,38H,16-17H2,1-7H3/t24-,27?/m0/s1. The fourth-order valence-electron chi connectivity index (χ4n) is 4.16. The molecule has 3 rings (SSSR count). The predicted molar refractivity (Wildman–Crippen MR) is 156 cm³/mol. The van der Waals surface area contributed by atoms with Gasteiger partial charge in [-0.05, 0) is 56.7 Å². The first-order valence-corrected chi connectivity index (χ1v) is 13.5. The van der Waals surface area contributed by atoms with Crippen molar-refractivity contribution in [3.63, 3.8) is 0 Å². The van der Waals surface area contributed by atoms with Crippen molar-refractivity contribution in [2.75, 3.05) is 6.54 Å². The van der Waals surface area contributed by atoms with Crippen molar-refractivity contribution in [3.8, 4) is 11.1 Å². The number of nitrogens with one attached hydrogen (secondary N) is 1. The van der Waals surface area contributed by atoms with E-state index >= 15 is 0 Å². The molecule has 2 atom stereocenters. The zero-order valence-electron chi connectivity index (χ0n) is 24.1. The van der Waals surface area contributed by atoms with Gasteiger partial charge in [0.1, 0.15) is 5.69 Å². The summed E-state index contributed by atoms with van der Waals surface area (Å²) in [6.07, 6.45) is 2.04. The number of benzene rings is 1. The normalized spacial score (nSPS) is 13.6. The highest BCUT2D eigenvalue weighted by molar-refractivity contribution is 6.30. The first-order valence-electron chi connectivity index (χ1n) is 13.2. The number of nitrogens with zero attached hydrogens (tertiary/aromatic N) is 2. The lowest BCUT2D eigenvalue weighted by Gasteiger charge is -2.29. The number of hydrogen-bond donors (Lipinski definition) is 2. The molecule has 3 aromatic rings. The van der Waals surface area contributed by atoms with Gasteiger partial charge in [0.25, 0.3) is 5.56 Å². The highest BCUT2D eigenvalue weighted by atomic mass is 35.5. The molecule has 0 amide bonds.